The van der Waals surface area contributed by atoms with Crippen molar-refractivity contribution in [3.05, 3.63) is 72.1 Å². The average Bonchev–Trinajstić information content (AvgIpc) is 3.56. The number of hydrogen-bond acceptors (Lipinski definition) is 7. The van der Waals surface area contributed by atoms with Crippen molar-refractivity contribution in [2.24, 2.45) is 0 Å². The Labute approximate surface area is 189 Å². The highest BCUT2D eigenvalue weighted by atomic mass is 19.1. The maximum atomic E-state index is 13.2. The second kappa shape index (κ2) is 8.55. The highest BCUT2D eigenvalue weighted by Crippen LogP contribution is 2.34. The Bertz CT molecular complexity index is 1270. The number of anilines is 1. The van der Waals surface area contributed by atoms with Gasteiger partial charge in [-0.1, -0.05) is 0 Å². The van der Waals surface area contributed by atoms with Crippen molar-refractivity contribution in [2.75, 3.05) is 11.5 Å². The maximum Gasteiger partial charge on any atom is 0.152 e. The molecule has 1 aliphatic heterocycles. The highest BCUT2D eigenvalue weighted by molar-refractivity contribution is 5.87. The minimum atomic E-state index is -0.391. The Kier molecular flexibility index (Phi) is 5.43. The smallest absolute Gasteiger partial charge is 0.152 e. The van der Waals surface area contributed by atoms with Crippen LogP contribution in [-0.4, -0.2) is 54.9 Å². The molecule has 4 heterocycles. The number of benzene rings is 1. The SMILES string of the molecule is Cc1cc(C=O)c(-n2nccn2)c(N2[C@H](Cn3ccc(-c4ccc(F)cn4)n3)OC[C@@H]2C)c1. The summed E-state index contributed by atoms with van der Waals surface area (Å²) in [5.41, 5.74) is 4.12. The molecular weight excluding hydrogens is 425 g/mol. The zero-order valence-electron chi connectivity index (χ0n) is 18.2. The minimum absolute atomic E-state index is 0.0550. The Morgan fingerprint density at radius 2 is 2.00 bits per heavy atom. The lowest BCUT2D eigenvalue weighted by Crippen LogP contribution is -2.39. The van der Waals surface area contributed by atoms with Crippen LogP contribution in [0.25, 0.3) is 17.1 Å². The van der Waals surface area contributed by atoms with E-state index in [1.807, 2.05) is 31.3 Å². The Hall–Kier alpha value is -3.92. The van der Waals surface area contributed by atoms with Gasteiger partial charge >= 0.3 is 0 Å². The van der Waals surface area contributed by atoms with Gasteiger partial charge in [0.15, 0.2) is 6.29 Å². The van der Waals surface area contributed by atoms with E-state index in [4.69, 9.17) is 4.74 Å². The number of carbonyl (C=O) groups is 1. The molecule has 10 heteroatoms. The first-order valence-electron chi connectivity index (χ1n) is 10.6. The summed E-state index contributed by atoms with van der Waals surface area (Å²) in [6, 6.07) is 8.68. The van der Waals surface area contributed by atoms with Gasteiger partial charge in [-0.15, -0.1) is 4.80 Å². The van der Waals surface area contributed by atoms with E-state index in [1.165, 1.54) is 17.1 Å². The van der Waals surface area contributed by atoms with Crippen LogP contribution in [0.15, 0.2) is 55.1 Å². The van der Waals surface area contributed by atoms with Gasteiger partial charge in [-0.25, -0.2) is 4.39 Å². The quantitative estimate of drug-likeness (QED) is 0.420. The number of ether oxygens (including phenoxy) is 1. The highest BCUT2D eigenvalue weighted by Gasteiger charge is 2.35. The Morgan fingerprint density at radius 3 is 2.73 bits per heavy atom. The number of aryl methyl sites for hydroxylation is 1. The third-order valence-electron chi connectivity index (χ3n) is 5.58. The van der Waals surface area contributed by atoms with Crippen LogP contribution in [0.1, 0.15) is 22.8 Å². The van der Waals surface area contributed by atoms with Gasteiger partial charge in [0.05, 0.1) is 49.2 Å². The van der Waals surface area contributed by atoms with Gasteiger partial charge in [0.1, 0.15) is 23.4 Å². The molecule has 168 valence electrons. The van der Waals surface area contributed by atoms with E-state index in [1.54, 1.807) is 23.1 Å². The van der Waals surface area contributed by atoms with Crippen LogP contribution in [0.4, 0.5) is 10.1 Å². The van der Waals surface area contributed by atoms with Gasteiger partial charge < -0.3 is 9.64 Å². The summed E-state index contributed by atoms with van der Waals surface area (Å²) in [5.74, 6) is -0.391. The van der Waals surface area contributed by atoms with Gasteiger partial charge in [0.2, 0.25) is 0 Å². The van der Waals surface area contributed by atoms with Crippen molar-refractivity contribution in [3.8, 4) is 17.1 Å². The molecule has 0 spiro atoms. The van der Waals surface area contributed by atoms with Crippen LogP contribution in [0.2, 0.25) is 0 Å². The summed E-state index contributed by atoms with van der Waals surface area (Å²) in [6.45, 7) is 4.99. The summed E-state index contributed by atoms with van der Waals surface area (Å²) in [6.07, 6.45) is 6.66. The summed E-state index contributed by atoms with van der Waals surface area (Å²) < 4.78 is 21.1. The van der Waals surface area contributed by atoms with Crippen molar-refractivity contribution >= 4 is 12.0 Å². The molecule has 1 saturated heterocycles. The van der Waals surface area contributed by atoms with Crippen LogP contribution in [0.5, 0.6) is 0 Å². The number of halogens is 1. The summed E-state index contributed by atoms with van der Waals surface area (Å²) in [5, 5.41) is 13.1. The molecule has 0 saturated carbocycles. The molecule has 2 atom stereocenters. The third-order valence-corrected chi connectivity index (χ3v) is 5.58. The van der Waals surface area contributed by atoms with Crippen molar-refractivity contribution in [2.45, 2.75) is 32.7 Å². The molecule has 9 nitrogen and oxygen atoms in total. The van der Waals surface area contributed by atoms with Crippen LogP contribution < -0.4 is 4.90 Å². The van der Waals surface area contributed by atoms with Gasteiger partial charge in [-0.2, -0.15) is 15.3 Å². The predicted molar refractivity (Wildman–Crippen MR) is 119 cm³/mol. The molecule has 0 N–H and O–H groups in total. The molecule has 0 bridgehead atoms. The first-order chi connectivity index (χ1) is 16.0. The number of carbonyl (C=O) groups excluding carboxylic acids is 1. The fourth-order valence-electron chi connectivity index (χ4n) is 4.14. The van der Waals surface area contributed by atoms with Crippen molar-refractivity contribution < 1.29 is 13.9 Å². The van der Waals surface area contributed by atoms with Crippen molar-refractivity contribution in [1.29, 1.82) is 0 Å². The first-order valence-corrected chi connectivity index (χ1v) is 10.6. The summed E-state index contributed by atoms with van der Waals surface area (Å²) in [4.78, 5) is 19.6. The Balaban J connectivity index is 1.49. The second-order valence-electron chi connectivity index (χ2n) is 7.99. The molecule has 4 aromatic rings. The van der Waals surface area contributed by atoms with E-state index < -0.39 is 5.82 Å². The third kappa shape index (κ3) is 4.00. The number of hydrogen-bond donors (Lipinski definition) is 0. The summed E-state index contributed by atoms with van der Waals surface area (Å²) >= 11 is 0. The molecule has 1 aliphatic rings. The molecule has 0 aliphatic carbocycles. The van der Waals surface area contributed by atoms with E-state index in [0.717, 1.165) is 17.5 Å². The van der Waals surface area contributed by atoms with Crippen molar-refractivity contribution in [3.63, 3.8) is 0 Å². The standard InChI is InChI=1S/C23H22FN7O2/c1-15-9-17(13-32)23(31-26-6-7-27-31)21(10-15)30-16(2)14-33-22(30)12-29-8-5-20(28-29)19-4-3-18(24)11-25-19/h3-11,13,16,22H,12,14H2,1-2H3/t16-,22-/m0/s1. The molecule has 1 aromatic carbocycles. The number of aldehydes is 1. The zero-order chi connectivity index (χ0) is 22.9. The maximum absolute atomic E-state index is 13.2. The monoisotopic (exact) mass is 447 g/mol. The fraction of sp³-hybridized carbons (Fsp3) is 0.261. The van der Waals surface area contributed by atoms with Crippen molar-refractivity contribution in [1.82, 2.24) is 29.8 Å². The largest absolute Gasteiger partial charge is 0.354 e. The second-order valence-corrected chi connectivity index (χ2v) is 7.99. The van der Waals surface area contributed by atoms with E-state index >= 15 is 0 Å². The van der Waals surface area contributed by atoms with Crippen LogP contribution in [0.3, 0.4) is 0 Å². The molecule has 3 aromatic heterocycles. The van der Waals surface area contributed by atoms with E-state index in [9.17, 15) is 9.18 Å². The van der Waals surface area contributed by atoms with Gasteiger partial charge in [0, 0.05) is 11.8 Å². The number of aromatic nitrogens is 6. The molecule has 33 heavy (non-hydrogen) atoms. The average molecular weight is 447 g/mol. The van der Waals surface area contributed by atoms with E-state index in [-0.39, 0.29) is 12.3 Å². The normalized spacial score (nSPS) is 18.1. The van der Waals surface area contributed by atoms with Gasteiger partial charge in [-0.05, 0) is 49.7 Å². The number of pyridine rings is 1. The number of nitrogens with zero attached hydrogens (tertiary/aromatic N) is 7. The lowest BCUT2D eigenvalue weighted by atomic mass is 10.1. The van der Waals surface area contributed by atoms with Crippen LogP contribution in [0, 0.1) is 12.7 Å². The molecular formula is C23H22FN7O2. The van der Waals surface area contributed by atoms with Crippen LogP contribution in [-0.2, 0) is 11.3 Å². The van der Waals surface area contributed by atoms with Gasteiger partial charge in [-0.3, -0.25) is 14.5 Å². The Morgan fingerprint density at radius 1 is 1.18 bits per heavy atom. The number of rotatable bonds is 6. The minimum Gasteiger partial charge on any atom is -0.354 e. The fourth-order valence-corrected chi connectivity index (χ4v) is 4.14. The van der Waals surface area contributed by atoms with E-state index in [0.29, 0.717) is 35.8 Å². The lowest BCUT2D eigenvalue weighted by molar-refractivity contribution is 0.0939. The summed E-state index contributed by atoms with van der Waals surface area (Å²) in [7, 11) is 0. The topological polar surface area (TPSA) is 91.0 Å². The molecule has 0 unspecified atom stereocenters. The molecule has 1 fully saturated rings. The lowest BCUT2D eigenvalue weighted by Gasteiger charge is -2.31. The molecule has 0 radical (unpaired) electrons. The van der Waals surface area contributed by atoms with Gasteiger partial charge in [0.25, 0.3) is 0 Å². The molecule has 5 rings (SSSR count). The van der Waals surface area contributed by atoms with Crippen LogP contribution >= 0.6 is 0 Å². The van der Waals surface area contributed by atoms with E-state index in [2.05, 4.69) is 32.1 Å². The predicted octanol–water partition coefficient (Wildman–Crippen LogP) is 3.04. The molecule has 0 amide bonds. The first kappa shape index (κ1) is 21.0. The zero-order valence-corrected chi connectivity index (χ0v) is 18.2.